The number of hydrogen-bond acceptors (Lipinski definition) is 15. The molecule has 7 heterocycles. The molecular formula is C58H66F2N12O6S. The van der Waals surface area contributed by atoms with Crippen molar-refractivity contribution in [3.05, 3.63) is 88.7 Å². The maximum Gasteiger partial charge on any atom is 0.319 e. The third-order valence-electron chi connectivity index (χ3n) is 15.6. The number of piperazine rings is 1. The van der Waals surface area contributed by atoms with Crippen molar-refractivity contribution in [2.45, 2.75) is 115 Å². The van der Waals surface area contributed by atoms with Gasteiger partial charge >= 0.3 is 6.01 Å². The topological polar surface area (TPSA) is 233 Å². The van der Waals surface area contributed by atoms with E-state index in [-0.39, 0.29) is 97.9 Å². The lowest BCUT2D eigenvalue weighted by Crippen LogP contribution is -2.57. The average molecular weight is 1100 g/mol. The highest BCUT2D eigenvalue weighted by Gasteiger charge is 2.44. The van der Waals surface area contributed by atoms with Crippen LogP contribution in [0.25, 0.3) is 43.4 Å². The van der Waals surface area contributed by atoms with E-state index < -0.39 is 53.0 Å². The molecule has 0 saturated carbocycles. The average Bonchev–Trinajstić information content (AvgIpc) is 4.36. The first kappa shape index (κ1) is 55.0. The smallest absolute Gasteiger partial charge is 0.319 e. The number of likely N-dealkylation sites (tertiary alicyclic amines) is 2. The zero-order valence-corrected chi connectivity index (χ0v) is 45.6. The van der Waals surface area contributed by atoms with Crippen molar-refractivity contribution in [1.29, 1.82) is 0 Å². The van der Waals surface area contributed by atoms with Crippen LogP contribution in [0.1, 0.15) is 82.5 Å². The molecule has 18 nitrogen and oxygen atoms in total. The fourth-order valence-corrected chi connectivity index (χ4v) is 12.3. The largest absolute Gasteiger partial charge is 0.462 e. The molecule has 79 heavy (non-hydrogen) atoms. The summed E-state index contributed by atoms with van der Waals surface area (Å²) in [6.45, 7) is 10.2. The maximum absolute atomic E-state index is 17.2. The van der Waals surface area contributed by atoms with Crippen LogP contribution in [0.4, 0.5) is 20.3 Å². The number of nitrogens with zero attached hydrogens (tertiary/aromatic N) is 7. The summed E-state index contributed by atoms with van der Waals surface area (Å²) in [5.74, 6) is -0.0631. The van der Waals surface area contributed by atoms with Crippen LogP contribution in [-0.2, 0) is 25.7 Å². The van der Waals surface area contributed by atoms with Crippen LogP contribution >= 0.6 is 11.3 Å². The summed E-state index contributed by atoms with van der Waals surface area (Å²) >= 11 is 1.56. The number of carbonyl (C=O) groups excluding carboxylic acids is 4. The van der Waals surface area contributed by atoms with Crippen LogP contribution in [0, 0.1) is 36.3 Å². The van der Waals surface area contributed by atoms with Crippen LogP contribution < -0.4 is 36.6 Å². The number of ether oxygens (including phenoxy) is 1. The van der Waals surface area contributed by atoms with E-state index in [1.54, 1.807) is 29.0 Å². The fourth-order valence-electron chi connectivity index (χ4n) is 11.5. The Bertz CT molecular complexity index is 3330. The van der Waals surface area contributed by atoms with Crippen LogP contribution in [0.15, 0.2) is 60.2 Å². The minimum Gasteiger partial charge on any atom is -0.462 e. The van der Waals surface area contributed by atoms with Gasteiger partial charge in [0.1, 0.15) is 41.5 Å². The molecule has 4 aliphatic heterocycles. The number of aliphatic hydroxyl groups excluding tert-OH is 1. The third kappa shape index (κ3) is 12.0. The van der Waals surface area contributed by atoms with Crippen molar-refractivity contribution >= 4 is 68.1 Å². The Balaban J connectivity index is 0.743. The number of carbonyl (C=O) groups is 4. The highest BCUT2D eigenvalue weighted by Crippen LogP contribution is 2.39. The number of benzene rings is 3. The van der Waals surface area contributed by atoms with Gasteiger partial charge in [0.25, 0.3) is 0 Å². The van der Waals surface area contributed by atoms with Gasteiger partial charge in [-0.2, -0.15) is 9.97 Å². The van der Waals surface area contributed by atoms with Crippen molar-refractivity contribution in [3.63, 3.8) is 0 Å². The first-order valence-corrected chi connectivity index (χ1v) is 27.8. The monoisotopic (exact) mass is 1100 g/mol. The number of thiazole rings is 1. The second-order valence-corrected chi connectivity index (χ2v) is 23.1. The predicted molar refractivity (Wildman–Crippen MR) is 299 cm³/mol. The fraction of sp³-hybridized carbons (Fsp3) is 0.448. The van der Waals surface area contributed by atoms with Crippen molar-refractivity contribution in [1.82, 2.24) is 51.0 Å². The van der Waals surface area contributed by atoms with Crippen molar-refractivity contribution in [2.24, 2.45) is 5.41 Å². The van der Waals surface area contributed by atoms with E-state index in [0.29, 0.717) is 47.3 Å². The molecule has 6 aromatic rings. The summed E-state index contributed by atoms with van der Waals surface area (Å²) in [4.78, 5) is 79.5. The van der Waals surface area contributed by atoms with Crippen molar-refractivity contribution in [2.75, 3.05) is 56.5 Å². The Hall–Kier alpha value is -7.38. The highest BCUT2D eigenvalue weighted by atomic mass is 32.1. The molecule has 7 N–H and O–H groups in total. The molecule has 0 spiro atoms. The SMILES string of the molecule is C#Cc1c(F)ccc2cc(N)cc(-c3ncc4c(N5CC6CCC(C5)N6)nc(OC[C@@H]5CCCN5CCC(=O)NCCC(=O)N[C@@H](C(=O)N5C[C@@H](O)C[C@@H]5C(=O)NCc5ccc(-c6scnc6C)cc5)C(C)(C)C)nc4c3F)c12. The second-order valence-electron chi connectivity index (χ2n) is 22.2. The molecule has 0 aliphatic carbocycles. The number of halogens is 2. The molecule has 6 atom stereocenters. The molecule has 3 aromatic heterocycles. The molecule has 10 rings (SSSR count). The Morgan fingerprint density at radius 1 is 0.987 bits per heavy atom. The van der Waals surface area contributed by atoms with E-state index in [9.17, 15) is 24.3 Å². The van der Waals surface area contributed by atoms with Gasteiger partial charge in [-0.3, -0.25) is 29.1 Å². The number of aliphatic hydroxyl groups is 1. The van der Waals surface area contributed by atoms with Gasteiger partial charge in [0, 0.05) is 99.5 Å². The number of rotatable bonds is 17. The number of fused-ring (bicyclic) bond motifs is 4. The van der Waals surface area contributed by atoms with E-state index in [0.717, 1.165) is 53.9 Å². The third-order valence-corrected chi connectivity index (χ3v) is 16.5. The molecule has 2 bridgehead atoms. The van der Waals surface area contributed by atoms with E-state index in [1.807, 2.05) is 52.0 Å². The zero-order chi connectivity index (χ0) is 55.7. The summed E-state index contributed by atoms with van der Waals surface area (Å²) in [5.41, 5.74) is 10.6. The van der Waals surface area contributed by atoms with Gasteiger partial charge in [-0.15, -0.1) is 17.8 Å². The molecule has 3 aromatic carbocycles. The lowest BCUT2D eigenvalue weighted by atomic mass is 9.85. The summed E-state index contributed by atoms with van der Waals surface area (Å²) in [6, 6.07) is 12.2. The van der Waals surface area contributed by atoms with Crippen molar-refractivity contribution < 1.29 is 37.8 Å². The summed E-state index contributed by atoms with van der Waals surface area (Å²) in [5, 5.41) is 24.2. The first-order chi connectivity index (χ1) is 37.9. The number of pyridine rings is 1. The van der Waals surface area contributed by atoms with E-state index in [2.05, 4.69) is 51.9 Å². The molecule has 4 aliphatic rings. The highest BCUT2D eigenvalue weighted by molar-refractivity contribution is 7.13. The predicted octanol–water partition coefficient (Wildman–Crippen LogP) is 5.61. The number of nitrogens with two attached hydrogens (primary N) is 1. The summed E-state index contributed by atoms with van der Waals surface area (Å²) in [7, 11) is 0. The number of anilines is 2. The Kier molecular flexibility index (Phi) is 16.1. The lowest BCUT2D eigenvalue weighted by molar-refractivity contribution is -0.144. The lowest BCUT2D eigenvalue weighted by Gasteiger charge is -2.35. The van der Waals surface area contributed by atoms with E-state index in [4.69, 9.17) is 21.9 Å². The molecular weight excluding hydrogens is 1030 g/mol. The molecule has 0 radical (unpaired) electrons. The molecule has 4 saturated heterocycles. The van der Waals surface area contributed by atoms with Gasteiger partial charge in [-0.05, 0) is 79.3 Å². The standard InChI is InChI=1S/C58H66F2N12O6S/c1-6-41-44(59)16-13-35-22-36(61)23-42(48(35)41)50-49(60)51-43(26-63-50)54(71-27-37-14-15-38(28-71)66-37)69-57(68-51)78-30-39-8-7-20-70(39)21-18-46(74)62-19-17-47(75)67-53(58(3,4)5)56(77)72-29-40(73)24-45(72)55(76)64-25-33-9-11-34(12-10-33)52-32(2)65-31-79-52/h1,9-13,16,22-23,26,31,37-40,45,53,66,73H,7-8,14-15,17-21,24-25,27-30,61H2,2-5H3,(H,62,74)(H,64,76)(H,67,75)/t37?,38?,39-,40-,45+,53-/m0/s1. The molecule has 4 amide bonds. The maximum atomic E-state index is 17.2. The molecule has 414 valence electrons. The quantitative estimate of drug-likeness (QED) is 0.0482. The Morgan fingerprint density at radius 3 is 2.48 bits per heavy atom. The molecule has 2 unspecified atom stereocenters. The Morgan fingerprint density at radius 2 is 1.76 bits per heavy atom. The van der Waals surface area contributed by atoms with Crippen LogP contribution in [-0.4, -0.2) is 141 Å². The van der Waals surface area contributed by atoms with Crippen LogP contribution in [0.5, 0.6) is 6.01 Å². The minimum absolute atomic E-state index is 0.0173. The summed E-state index contributed by atoms with van der Waals surface area (Å²) < 4.78 is 38.6. The number of β-amino-alcohol motifs (C(OH)–C–C–N with tert-alkyl or cyclic N) is 1. The molecule has 21 heteroatoms. The van der Waals surface area contributed by atoms with Gasteiger partial charge in [0.2, 0.25) is 23.6 Å². The first-order valence-electron chi connectivity index (χ1n) is 27.0. The zero-order valence-electron chi connectivity index (χ0n) is 44.8. The van der Waals surface area contributed by atoms with Crippen LogP contribution in [0.2, 0.25) is 0 Å². The number of nitrogens with one attached hydrogen (secondary N) is 4. The van der Waals surface area contributed by atoms with Gasteiger partial charge in [-0.1, -0.05) is 57.0 Å². The second kappa shape index (κ2) is 23.1. The van der Waals surface area contributed by atoms with Crippen LogP contribution in [0.3, 0.4) is 0 Å². The minimum atomic E-state index is -1.02. The van der Waals surface area contributed by atoms with Gasteiger partial charge < -0.3 is 46.6 Å². The van der Waals surface area contributed by atoms with E-state index in [1.165, 1.54) is 23.2 Å². The van der Waals surface area contributed by atoms with Gasteiger partial charge in [0.05, 0.1) is 33.1 Å². The number of aryl methyl sites for hydroxylation is 1. The van der Waals surface area contributed by atoms with Crippen molar-refractivity contribution in [3.8, 4) is 40.1 Å². The molecule has 4 fully saturated rings. The number of aromatic nitrogens is 4. The summed E-state index contributed by atoms with van der Waals surface area (Å²) in [6.07, 6.45) is 10.2. The Labute approximate surface area is 461 Å². The number of amides is 4. The van der Waals surface area contributed by atoms with Gasteiger partial charge in [-0.25, -0.2) is 13.8 Å². The van der Waals surface area contributed by atoms with E-state index >= 15 is 8.78 Å². The number of nitrogen functional groups attached to an aromatic ring is 1. The van der Waals surface area contributed by atoms with Gasteiger partial charge in [0.15, 0.2) is 5.82 Å². The number of terminal acetylenes is 1. The normalized spacial score (nSPS) is 20.6. The number of hydrogen-bond donors (Lipinski definition) is 6.